The molecule has 3 nitrogen and oxygen atoms in total. The zero-order chi connectivity index (χ0) is 14.7. The van der Waals surface area contributed by atoms with Crippen LogP contribution < -0.4 is 5.32 Å². The molecule has 1 aromatic rings. The predicted octanol–water partition coefficient (Wildman–Crippen LogP) is 3.12. The van der Waals surface area contributed by atoms with Crippen LogP contribution in [-0.4, -0.2) is 34.3 Å². The van der Waals surface area contributed by atoms with Crippen molar-refractivity contribution in [2.24, 2.45) is 0 Å². The van der Waals surface area contributed by atoms with Crippen molar-refractivity contribution in [3.63, 3.8) is 0 Å². The third-order valence-electron chi connectivity index (χ3n) is 3.85. The molecule has 112 valence electrons. The van der Waals surface area contributed by atoms with Crippen LogP contribution in [0.25, 0.3) is 0 Å². The summed E-state index contributed by atoms with van der Waals surface area (Å²) in [5.74, 6) is 0.0928. The van der Waals surface area contributed by atoms with Crippen LogP contribution in [0.5, 0.6) is 0 Å². The van der Waals surface area contributed by atoms with Gasteiger partial charge in [0.1, 0.15) is 9.57 Å². The molecule has 1 saturated heterocycles. The zero-order valence-corrected chi connectivity index (χ0v) is 13.6. The van der Waals surface area contributed by atoms with E-state index in [4.69, 9.17) is 12.2 Å². The Kier molecular flexibility index (Phi) is 4.80. The van der Waals surface area contributed by atoms with E-state index in [0.29, 0.717) is 6.04 Å². The largest absolute Gasteiger partial charge is 0.357 e. The van der Waals surface area contributed by atoms with Gasteiger partial charge in [-0.15, -0.1) is 0 Å². The molecule has 1 aliphatic carbocycles. The van der Waals surface area contributed by atoms with Crippen molar-refractivity contribution in [2.75, 3.05) is 13.1 Å². The van der Waals surface area contributed by atoms with Crippen LogP contribution in [0.15, 0.2) is 30.3 Å². The molecule has 2 fully saturated rings. The zero-order valence-electron chi connectivity index (χ0n) is 12.0. The van der Waals surface area contributed by atoms with E-state index in [2.05, 4.69) is 10.2 Å². The average molecular weight is 320 g/mol. The number of benzene rings is 1. The van der Waals surface area contributed by atoms with Crippen LogP contribution in [-0.2, 0) is 4.79 Å². The molecule has 1 N–H and O–H groups in total. The summed E-state index contributed by atoms with van der Waals surface area (Å²) >= 11 is 7.07. The third-order valence-corrected chi connectivity index (χ3v) is 5.58. The van der Waals surface area contributed by atoms with Crippen molar-refractivity contribution >= 4 is 34.2 Å². The fraction of sp³-hybridized carbons (Fsp3) is 0.500. The highest BCUT2D eigenvalue weighted by atomic mass is 32.2. The standard InChI is InChI=1S/C16H20N2OS2/c19-15(17-13-8-9-13)14(12-6-2-1-3-7-12)21-16(20)18-10-4-5-11-18/h1-3,6-7,13-14H,4-5,8-11H2,(H,17,19)/t14-/m0/s1. The third kappa shape index (κ3) is 3.98. The van der Waals surface area contributed by atoms with Gasteiger partial charge in [0.15, 0.2) is 0 Å². The maximum Gasteiger partial charge on any atom is 0.238 e. The van der Waals surface area contributed by atoms with E-state index in [0.717, 1.165) is 35.8 Å². The van der Waals surface area contributed by atoms with Gasteiger partial charge in [0.25, 0.3) is 0 Å². The van der Waals surface area contributed by atoms with Crippen molar-refractivity contribution in [1.82, 2.24) is 10.2 Å². The molecule has 0 aromatic heterocycles. The number of hydrogen-bond donors (Lipinski definition) is 1. The minimum atomic E-state index is -0.236. The van der Waals surface area contributed by atoms with Crippen molar-refractivity contribution in [1.29, 1.82) is 0 Å². The van der Waals surface area contributed by atoms with Crippen molar-refractivity contribution < 1.29 is 4.79 Å². The molecule has 5 heteroatoms. The minimum absolute atomic E-state index is 0.0928. The number of nitrogens with one attached hydrogen (secondary N) is 1. The van der Waals surface area contributed by atoms with Crippen LogP contribution in [0, 0.1) is 0 Å². The Bertz CT molecular complexity index is 510. The molecule has 0 unspecified atom stereocenters. The van der Waals surface area contributed by atoms with Gasteiger partial charge < -0.3 is 10.2 Å². The molecule has 0 bridgehead atoms. The molecule has 0 radical (unpaired) electrons. The van der Waals surface area contributed by atoms with Crippen molar-refractivity contribution in [3.05, 3.63) is 35.9 Å². The van der Waals surface area contributed by atoms with E-state index < -0.39 is 0 Å². The molecular weight excluding hydrogens is 300 g/mol. The van der Waals surface area contributed by atoms with Gasteiger partial charge in [-0.25, -0.2) is 0 Å². The number of nitrogens with zero attached hydrogens (tertiary/aromatic N) is 1. The molecule has 1 amide bonds. The van der Waals surface area contributed by atoms with E-state index in [-0.39, 0.29) is 11.2 Å². The minimum Gasteiger partial charge on any atom is -0.357 e. The summed E-state index contributed by atoms with van der Waals surface area (Å²) in [6.45, 7) is 2.05. The van der Waals surface area contributed by atoms with E-state index >= 15 is 0 Å². The smallest absolute Gasteiger partial charge is 0.238 e. The Labute approximate surface area is 135 Å². The fourth-order valence-electron chi connectivity index (χ4n) is 2.48. The van der Waals surface area contributed by atoms with Gasteiger partial charge in [-0.1, -0.05) is 54.3 Å². The molecule has 1 heterocycles. The highest BCUT2D eigenvalue weighted by Gasteiger charge is 2.30. The normalized spacial score (nSPS) is 19.3. The highest BCUT2D eigenvalue weighted by Crippen LogP contribution is 2.33. The van der Waals surface area contributed by atoms with Gasteiger partial charge in [0.2, 0.25) is 5.91 Å². The van der Waals surface area contributed by atoms with Gasteiger partial charge in [-0.3, -0.25) is 4.79 Å². The summed E-state index contributed by atoms with van der Waals surface area (Å²) in [4.78, 5) is 14.8. The molecule has 1 aliphatic heterocycles. The lowest BCUT2D eigenvalue weighted by atomic mass is 10.1. The van der Waals surface area contributed by atoms with Gasteiger partial charge in [-0.2, -0.15) is 0 Å². The van der Waals surface area contributed by atoms with Crippen LogP contribution in [0.2, 0.25) is 0 Å². The van der Waals surface area contributed by atoms with Crippen molar-refractivity contribution in [2.45, 2.75) is 37.0 Å². The first-order chi connectivity index (χ1) is 10.2. The first-order valence-electron chi connectivity index (χ1n) is 7.55. The Morgan fingerprint density at radius 2 is 1.90 bits per heavy atom. The van der Waals surface area contributed by atoms with Gasteiger partial charge in [0.05, 0.1) is 0 Å². The summed E-state index contributed by atoms with van der Waals surface area (Å²) in [6, 6.07) is 10.3. The Balaban J connectivity index is 1.71. The maximum atomic E-state index is 12.5. The molecule has 1 saturated carbocycles. The quantitative estimate of drug-likeness (QED) is 0.864. The van der Waals surface area contributed by atoms with Gasteiger partial charge in [0, 0.05) is 19.1 Å². The molecule has 1 atom stereocenters. The summed E-state index contributed by atoms with van der Waals surface area (Å²) in [6.07, 6.45) is 4.61. The van der Waals surface area contributed by atoms with Crippen LogP contribution in [0.4, 0.5) is 0 Å². The monoisotopic (exact) mass is 320 g/mol. The van der Waals surface area contributed by atoms with Gasteiger partial charge >= 0.3 is 0 Å². The lowest BCUT2D eigenvalue weighted by Crippen LogP contribution is -2.32. The van der Waals surface area contributed by atoms with E-state index in [1.165, 1.54) is 24.6 Å². The Morgan fingerprint density at radius 3 is 2.52 bits per heavy atom. The molecule has 1 aromatic carbocycles. The van der Waals surface area contributed by atoms with Crippen LogP contribution >= 0.6 is 24.0 Å². The highest BCUT2D eigenvalue weighted by molar-refractivity contribution is 8.23. The number of carbonyl (C=O) groups is 1. The summed E-state index contributed by atoms with van der Waals surface area (Å²) in [5, 5.41) is 2.87. The molecular formula is C16H20N2OS2. The fourth-order valence-corrected chi connectivity index (χ4v) is 3.95. The van der Waals surface area contributed by atoms with Crippen molar-refractivity contribution in [3.8, 4) is 0 Å². The molecule has 0 spiro atoms. The lowest BCUT2D eigenvalue weighted by molar-refractivity contribution is -0.120. The summed E-state index contributed by atoms with van der Waals surface area (Å²) < 4.78 is 0.854. The molecule has 2 aliphatic rings. The number of carbonyl (C=O) groups excluding carboxylic acids is 1. The Hall–Kier alpha value is -1.07. The van der Waals surface area contributed by atoms with E-state index in [1.807, 2.05) is 30.3 Å². The second kappa shape index (κ2) is 6.79. The second-order valence-corrected chi connectivity index (χ2v) is 7.39. The second-order valence-electron chi connectivity index (χ2n) is 5.65. The maximum absolute atomic E-state index is 12.5. The molecule has 3 rings (SSSR count). The Morgan fingerprint density at radius 1 is 1.24 bits per heavy atom. The summed E-state index contributed by atoms with van der Waals surface area (Å²) in [7, 11) is 0. The van der Waals surface area contributed by atoms with Crippen LogP contribution in [0.3, 0.4) is 0 Å². The summed E-state index contributed by atoms with van der Waals surface area (Å²) in [5.41, 5.74) is 1.03. The number of hydrogen-bond acceptors (Lipinski definition) is 3. The topological polar surface area (TPSA) is 32.3 Å². The number of rotatable bonds is 4. The first-order valence-corrected chi connectivity index (χ1v) is 8.84. The molecule has 21 heavy (non-hydrogen) atoms. The first kappa shape index (κ1) is 14.9. The number of thioether (sulfide) groups is 1. The number of amides is 1. The van der Waals surface area contributed by atoms with E-state index in [9.17, 15) is 4.79 Å². The van der Waals surface area contributed by atoms with Crippen LogP contribution in [0.1, 0.15) is 36.5 Å². The van der Waals surface area contributed by atoms with E-state index in [1.54, 1.807) is 0 Å². The SMILES string of the molecule is O=C(NC1CC1)[C@@H](SC(=S)N1CCCC1)c1ccccc1. The lowest BCUT2D eigenvalue weighted by Gasteiger charge is -2.22. The number of thiocarbonyl (C=S) groups is 1. The van der Waals surface area contributed by atoms with Gasteiger partial charge in [-0.05, 0) is 31.2 Å². The number of likely N-dealkylation sites (tertiary alicyclic amines) is 1. The average Bonchev–Trinajstić information content (AvgIpc) is 3.15. The predicted molar refractivity (Wildman–Crippen MR) is 91.3 cm³/mol.